The van der Waals surface area contributed by atoms with Gasteiger partial charge in [-0.3, -0.25) is 0 Å². The van der Waals surface area contributed by atoms with Gasteiger partial charge in [-0.05, 0) is 64.7 Å². The smallest absolute Gasteiger partial charge is 0.0351 e. The van der Waals surface area contributed by atoms with E-state index in [1.807, 2.05) is 11.3 Å². The fourth-order valence-corrected chi connectivity index (χ4v) is 5.50. The average Bonchev–Trinajstić information content (AvgIpc) is 3.25. The minimum atomic E-state index is 0.751. The molecule has 0 aliphatic heterocycles. The summed E-state index contributed by atoms with van der Waals surface area (Å²) < 4.78 is 0. The summed E-state index contributed by atoms with van der Waals surface area (Å²) in [6.07, 6.45) is 6.37. The van der Waals surface area contributed by atoms with Gasteiger partial charge < -0.3 is 0 Å². The summed E-state index contributed by atoms with van der Waals surface area (Å²) in [6, 6.07) is 18.6. The summed E-state index contributed by atoms with van der Waals surface area (Å²) in [7, 11) is 0. The van der Waals surface area contributed by atoms with Gasteiger partial charge in [-0.15, -0.1) is 11.3 Å². The second kappa shape index (κ2) is 8.71. The van der Waals surface area contributed by atoms with Crippen LogP contribution in [0.25, 0.3) is 32.0 Å². The topological polar surface area (TPSA) is 0 Å². The molecule has 0 bridgehead atoms. The average molecular weight is 401 g/mol. The molecule has 0 aliphatic rings. The molecule has 3 aromatic carbocycles. The Morgan fingerprint density at radius 1 is 0.828 bits per heavy atom. The lowest BCUT2D eigenvalue weighted by atomic mass is 9.83. The fourth-order valence-electron chi connectivity index (χ4n) is 4.69. The molecule has 0 aliphatic carbocycles. The molecule has 150 valence electrons. The lowest BCUT2D eigenvalue weighted by Crippen LogP contribution is -2.06. The Bertz CT molecular complexity index is 1120. The highest BCUT2D eigenvalue weighted by atomic mass is 32.1. The summed E-state index contributed by atoms with van der Waals surface area (Å²) in [5.41, 5.74) is 5.70. The van der Waals surface area contributed by atoms with Gasteiger partial charge in [0, 0.05) is 10.4 Å². The van der Waals surface area contributed by atoms with E-state index in [1.54, 1.807) is 5.56 Å². The molecule has 0 fully saturated rings. The predicted molar refractivity (Wildman–Crippen MR) is 131 cm³/mol. The first-order valence-electron chi connectivity index (χ1n) is 11.1. The van der Waals surface area contributed by atoms with Gasteiger partial charge in [0.2, 0.25) is 0 Å². The van der Waals surface area contributed by atoms with E-state index in [0.717, 1.165) is 5.92 Å². The molecule has 1 heteroatoms. The summed E-state index contributed by atoms with van der Waals surface area (Å²) in [4.78, 5) is 1.40. The molecule has 0 nitrogen and oxygen atoms in total. The van der Waals surface area contributed by atoms with Crippen LogP contribution >= 0.6 is 11.3 Å². The third-order valence-electron chi connectivity index (χ3n) is 6.34. The molecule has 0 N–H and O–H groups in total. The summed E-state index contributed by atoms with van der Waals surface area (Å²) >= 11 is 1.87. The summed E-state index contributed by atoms with van der Waals surface area (Å²) in [5.74, 6) is 0.751. The van der Waals surface area contributed by atoms with Crippen molar-refractivity contribution in [1.82, 2.24) is 0 Å². The highest BCUT2D eigenvalue weighted by Crippen LogP contribution is 2.42. The molecule has 0 radical (unpaired) electrons. The predicted octanol–water partition coefficient (Wildman–Crippen LogP) is 9.10. The zero-order chi connectivity index (χ0) is 20.4. The van der Waals surface area contributed by atoms with Crippen molar-refractivity contribution in [2.24, 2.45) is 5.92 Å². The maximum atomic E-state index is 2.39. The van der Waals surface area contributed by atoms with Crippen molar-refractivity contribution in [3.05, 3.63) is 70.6 Å². The Morgan fingerprint density at radius 3 is 2.14 bits per heavy atom. The van der Waals surface area contributed by atoms with Crippen LogP contribution in [-0.4, -0.2) is 0 Å². The van der Waals surface area contributed by atoms with E-state index in [9.17, 15) is 0 Å². The van der Waals surface area contributed by atoms with Crippen LogP contribution in [0.2, 0.25) is 0 Å². The molecule has 29 heavy (non-hydrogen) atoms. The van der Waals surface area contributed by atoms with Gasteiger partial charge in [-0.1, -0.05) is 93.1 Å². The van der Waals surface area contributed by atoms with E-state index in [-0.39, 0.29) is 0 Å². The number of hydrogen-bond donors (Lipinski definition) is 0. The van der Waals surface area contributed by atoms with E-state index < -0.39 is 0 Å². The molecule has 0 saturated heterocycles. The van der Waals surface area contributed by atoms with Gasteiger partial charge in [-0.2, -0.15) is 0 Å². The van der Waals surface area contributed by atoms with Crippen molar-refractivity contribution in [2.75, 3.05) is 0 Å². The number of benzene rings is 3. The minimum Gasteiger partial charge on any atom is -0.144 e. The number of unbranched alkanes of at least 4 members (excludes halogenated alkanes) is 1. The summed E-state index contributed by atoms with van der Waals surface area (Å²) in [6.45, 7) is 9.09. The molecule has 4 aromatic rings. The van der Waals surface area contributed by atoms with Gasteiger partial charge in [0.25, 0.3) is 0 Å². The number of hydrogen-bond acceptors (Lipinski definition) is 1. The Morgan fingerprint density at radius 2 is 1.52 bits per heavy atom. The molecule has 1 heterocycles. The number of fused-ring (bicyclic) bond motifs is 3. The van der Waals surface area contributed by atoms with Gasteiger partial charge in [0.05, 0.1) is 0 Å². The molecule has 4 rings (SSSR count). The Labute approximate surface area is 179 Å². The number of aryl methyl sites for hydroxylation is 2. The molecule has 0 amide bonds. The van der Waals surface area contributed by atoms with Crippen molar-refractivity contribution < 1.29 is 0 Å². The fraction of sp³-hybridized carbons (Fsp3) is 0.357. The quantitative estimate of drug-likeness (QED) is 0.271. The second-order valence-corrected chi connectivity index (χ2v) is 9.50. The second-order valence-electron chi connectivity index (χ2n) is 8.55. The third kappa shape index (κ3) is 3.98. The number of rotatable bonds is 7. The molecule has 0 saturated carbocycles. The van der Waals surface area contributed by atoms with Crippen LogP contribution in [0.4, 0.5) is 0 Å². The van der Waals surface area contributed by atoms with Crippen molar-refractivity contribution >= 4 is 32.9 Å². The van der Waals surface area contributed by atoms with Gasteiger partial charge >= 0.3 is 0 Å². The summed E-state index contributed by atoms with van der Waals surface area (Å²) in [5, 5.41) is 7.90. The first-order valence-corrected chi connectivity index (χ1v) is 12.0. The standard InChI is InChI=1S/C28H32S/c1-5-7-9-21(6-2)18-26-22-13-11-19(3)16-24(22)25-17-20(4)12-14-23(25)28(26)27-10-8-15-29-27/h8,10-17,21H,5-7,9,18H2,1-4H3. The van der Waals surface area contributed by atoms with Crippen LogP contribution < -0.4 is 0 Å². The van der Waals surface area contributed by atoms with E-state index >= 15 is 0 Å². The van der Waals surface area contributed by atoms with Crippen LogP contribution in [0.5, 0.6) is 0 Å². The third-order valence-corrected chi connectivity index (χ3v) is 7.23. The van der Waals surface area contributed by atoms with E-state index in [4.69, 9.17) is 0 Å². The maximum Gasteiger partial charge on any atom is 0.0351 e. The normalized spacial score (nSPS) is 12.7. The first-order chi connectivity index (χ1) is 14.1. The Hall–Kier alpha value is -2.12. The lowest BCUT2D eigenvalue weighted by Gasteiger charge is -2.22. The largest absolute Gasteiger partial charge is 0.144 e. The highest BCUT2D eigenvalue weighted by Gasteiger charge is 2.19. The minimum absolute atomic E-state index is 0.751. The highest BCUT2D eigenvalue weighted by molar-refractivity contribution is 7.13. The van der Waals surface area contributed by atoms with Crippen LogP contribution in [0.3, 0.4) is 0 Å². The Kier molecular flexibility index (Phi) is 6.06. The van der Waals surface area contributed by atoms with Gasteiger partial charge in [-0.25, -0.2) is 0 Å². The number of thiophene rings is 1. The molecule has 1 atom stereocenters. The molecular formula is C28H32S. The van der Waals surface area contributed by atoms with Crippen LogP contribution in [0, 0.1) is 19.8 Å². The van der Waals surface area contributed by atoms with Gasteiger partial charge in [0.1, 0.15) is 0 Å². The van der Waals surface area contributed by atoms with Crippen molar-refractivity contribution in [2.45, 2.75) is 59.8 Å². The zero-order valence-electron chi connectivity index (χ0n) is 18.2. The van der Waals surface area contributed by atoms with Crippen LogP contribution in [-0.2, 0) is 6.42 Å². The van der Waals surface area contributed by atoms with E-state index in [2.05, 4.69) is 81.6 Å². The van der Waals surface area contributed by atoms with Crippen molar-refractivity contribution in [3.8, 4) is 10.4 Å². The van der Waals surface area contributed by atoms with Crippen molar-refractivity contribution in [1.29, 1.82) is 0 Å². The van der Waals surface area contributed by atoms with E-state index in [0.29, 0.717) is 0 Å². The van der Waals surface area contributed by atoms with Crippen LogP contribution in [0.15, 0.2) is 53.9 Å². The molecular weight excluding hydrogens is 368 g/mol. The van der Waals surface area contributed by atoms with Crippen molar-refractivity contribution in [3.63, 3.8) is 0 Å². The van der Waals surface area contributed by atoms with Crippen LogP contribution in [0.1, 0.15) is 56.2 Å². The monoisotopic (exact) mass is 400 g/mol. The molecule has 0 spiro atoms. The zero-order valence-corrected chi connectivity index (χ0v) is 19.0. The SMILES string of the molecule is CCCCC(CC)Cc1c(-c2cccs2)c2ccc(C)cc2c2cc(C)ccc12. The van der Waals surface area contributed by atoms with Gasteiger partial charge in [0.15, 0.2) is 0 Å². The lowest BCUT2D eigenvalue weighted by molar-refractivity contribution is 0.451. The molecule has 1 unspecified atom stereocenters. The Balaban J connectivity index is 2.05. The maximum absolute atomic E-state index is 2.39. The first kappa shape index (κ1) is 20.2. The van der Waals surface area contributed by atoms with E-state index in [1.165, 1.54) is 75.2 Å². The molecule has 1 aromatic heterocycles.